The maximum absolute atomic E-state index is 12.4. The van der Waals surface area contributed by atoms with Gasteiger partial charge in [-0.15, -0.1) is 0 Å². The molecule has 1 aromatic heterocycles. The van der Waals surface area contributed by atoms with Crippen molar-refractivity contribution in [3.05, 3.63) is 89.9 Å². The highest BCUT2D eigenvalue weighted by molar-refractivity contribution is 5.93. The van der Waals surface area contributed by atoms with Crippen molar-refractivity contribution < 1.29 is 18.7 Å². The molecule has 6 nitrogen and oxygen atoms in total. The molecule has 0 bridgehead atoms. The molecule has 28 heavy (non-hydrogen) atoms. The standard InChI is InChI=1S/C22H22N2O4/c1-2-19(16-9-5-3-6-10-16)21(25)23-24-22(26)20-14-13-18(28-20)15-27-17-11-7-4-8-12-17/h3-14,19H,2,15H2,1H3,(H,23,25)(H,24,26). The number of ether oxygens (including phenoxy) is 1. The van der Waals surface area contributed by atoms with E-state index in [2.05, 4.69) is 10.9 Å². The van der Waals surface area contributed by atoms with E-state index in [4.69, 9.17) is 9.15 Å². The molecular formula is C22H22N2O4. The van der Waals surface area contributed by atoms with Crippen molar-refractivity contribution in [1.82, 2.24) is 10.9 Å². The van der Waals surface area contributed by atoms with Gasteiger partial charge in [0.25, 0.3) is 0 Å². The third kappa shape index (κ3) is 5.01. The summed E-state index contributed by atoms with van der Waals surface area (Å²) in [5, 5.41) is 0. The predicted octanol–water partition coefficient (Wildman–Crippen LogP) is 3.81. The quantitative estimate of drug-likeness (QED) is 0.613. The zero-order valence-corrected chi connectivity index (χ0v) is 15.6. The summed E-state index contributed by atoms with van der Waals surface area (Å²) in [6.07, 6.45) is 0.618. The lowest BCUT2D eigenvalue weighted by Crippen LogP contribution is -2.43. The molecule has 2 aromatic carbocycles. The van der Waals surface area contributed by atoms with Crippen LogP contribution in [-0.2, 0) is 11.4 Å². The lowest BCUT2D eigenvalue weighted by molar-refractivity contribution is -0.123. The maximum Gasteiger partial charge on any atom is 0.305 e. The third-order valence-electron chi connectivity index (χ3n) is 4.24. The van der Waals surface area contributed by atoms with Gasteiger partial charge >= 0.3 is 5.91 Å². The van der Waals surface area contributed by atoms with Crippen molar-refractivity contribution in [2.45, 2.75) is 25.9 Å². The minimum absolute atomic E-state index is 0.0970. The molecule has 0 aliphatic heterocycles. The second kappa shape index (κ2) is 9.41. The van der Waals surface area contributed by atoms with Gasteiger partial charge in [-0.25, -0.2) is 0 Å². The summed E-state index contributed by atoms with van der Waals surface area (Å²) >= 11 is 0. The topological polar surface area (TPSA) is 80.6 Å². The summed E-state index contributed by atoms with van der Waals surface area (Å²) in [5.74, 6) is 0.177. The number of nitrogens with one attached hydrogen (secondary N) is 2. The Morgan fingerprint density at radius 2 is 1.61 bits per heavy atom. The molecule has 6 heteroatoms. The van der Waals surface area contributed by atoms with Gasteiger partial charge < -0.3 is 9.15 Å². The Morgan fingerprint density at radius 1 is 0.929 bits per heavy atom. The van der Waals surface area contributed by atoms with E-state index < -0.39 is 5.91 Å². The highest BCUT2D eigenvalue weighted by atomic mass is 16.5. The number of amides is 2. The number of carbonyl (C=O) groups excluding carboxylic acids is 2. The molecule has 0 saturated carbocycles. The Balaban J connectivity index is 1.52. The van der Waals surface area contributed by atoms with Gasteiger partial charge in [0, 0.05) is 0 Å². The van der Waals surface area contributed by atoms with Gasteiger partial charge in [-0.1, -0.05) is 55.5 Å². The van der Waals surface area contributed by atoms with E-state index in [1.165, 1.54) is 0 Å². The van der Waals surface area contributed by atoms with Crippen molar-refractivity contribution in [2.75, 3.05) is 0 Å². The Hall–Kier alpha value is -3.54. The van der Waals surface area contributed by atoms with E-state index in [0.29, 0.717) is 17.9 Å². The number of hydrogen-bond donors (Lipinski definition) is 2. The van der Waals surface area contributed by atoms with E-state index in [-0.39, 0.29) is 24.2 Å². The van der Waals surface area contributed by atoms with Gasteiger partial charge in [-0.05, 0) is 36.2 Å². The molecule has 2 amide bonds. The van der Waals surface area contributed by atoms with Gasteiger partial charge in [-0.3, -0.25) is 20.4 Å². The van der Waals surface area contributed by atoms with Crippen LogP contribution < -0.4 is 15.6 Å². The minimum atomic E-state index is -0.526. The third-order valence-corrected chi connectivity index (χ3v) is 4.24. The Kier molecular flexibility index (Phi) is 6.46. The fraction of sp³-hybridized carbons (Fsp3) is 0.182. The molecular weight excluding hydrogens is 356 g/mol. The molecule has 1 unspecified atom stereocenters. The van der Waals surface area contributed by atoms with E-state index in [9.17, 15) is 9.59 Å². The summed E-state index contributed by atoms with van der Waals surface area (Å²) < 4.78 is 11.1. The Labute approximate surface area is 163 Å². The van der Waals surface area contributed by atoms with Crippen molar-refractivity contribution in [3.63, 3.8) is 0 Å². The zero-order chi connectivity index (χ0) is 19.8. The lowest BCUT2D eigenvalue weighted by atomic mass is 9.96. The molecule has 2 N–H and O–H groups in total. The number of rotatable bonds is 7. The summed E-state index contributed by atoms with van der Waals surface area (Å²) in [4.78, 5) is 24.6. The zero-order valence-electron chi connectivity index (χ0n) is 15.6. The van der Waals surface area contributed by atoms with Crippen LogP contribution in [0.5, 0.6) is 5.75 Å². The van der Waals surface area contributed by atoms with Crippen LogP contribution in [0.15, 0.2) is 77.2 Å². The lowest BCUT2D eigenvalue weighted by Gasteiger charge is -2.15. The van der Waals surface area contributed by atoms with Crippen LogP contribution in [0.1, 0.15) is 41.1 Å². The first-order valence-corrected chi connectivity index (χ1v) is 9.09. The molecule has 0 saturated heterocycles. The first-order chi connectivity index (χ1) is 13.7. The van der Waals surface area contributed by atoms with Crippen LogP contribution >= 0.6 is 0 Å². The van der Waals surface area contributed by atoms with E-state index in [1.54, 1.807) is 12.1 Å². The molecule has 3 aromatic rings. The molecule has 1 atom stereocenters. The van der Waals surface area contributed by atoms with Gasteiger partial charge in [0.15, 0.2) is 5.76 Å². The first-order valence-electron chi connectivity index (χ1n) is 9.09. The maximum atomic E-state index is 12.4. The Morgan fingerprint density at radius 3 is 2.29 bits per heavy atom. The average molecular weight is 378 g/mol. The smallest absolute Gasteiger partial charge is 0.305 e. The van der Waals surface area contributed by atoms with Crippen molar-refractivity contribution in [1.29, 1.82) is 0 Å². The molecule has 144 valence electrons. The highest BCUT2D eigenvalue weighted by Crippen LogP contribution is 2.19. The van der Waals surface area contributed by atoms with Crippen LogP contribution in [0.2, 0.25) is 0 Å². The van der Waals surface area contributed by atoms with Gasteiger partial charge in [0.1, 0.15) is 18.1 Å². The fourth-order valence-electron chi connectivity index (χ4n) is 2.77. The molecule has 1 heterocycles. The van der Waals surface area contributed by atoms with Crippen LogP contribution in [-0.4, -0.2) is 11.8 Å². The summed E-state index contributed by atoms with van der Waals surface area (Å²) in [6, 6.07) is 22.0. The van der Waals surface area contributed by atoms with E-state index in [0.717, 1.165) is 5.56 Å². The predicted molar refractivity (Wildman–Crippen MR) is 105 cm³/mol. The second-order valence-electron chi connectivity index (χ2n) is 6.18. The Bertz CT molecular complexity index is 907. The number of benzene rings is 2. The number of hydrogen-bond acceptors (Lipinski definition) is 4. The average Bonchev–Trinajstić information content (AvgIpc) is 3.22. The van der Waals surface area contributed by atoms with Crippen LogP contribution in [0.3, 0.4) is 0 Å². The van der Waals surface area contributed by atoms with Crippen molar-refractivity contribution in [2.24, 2.45) is 0 Å². The summed E-state index contributed by atoms with van der Waals surface area (Å²) in [6.45, 7) is 2.13. The molecule has 0 radical (unpaired) electrons. The minimum Gasteiger partial charge on any atom is -0.486 e. The van der Waals surface area contributed by atoms with Gasteiger partial charge in [0.05, 0.1) is 5.92 Å². The SMILES string of the molecule is CCC(C(=O)NNC(=O)c1ccc(COc2ccccc2)o1)c1ccccc1. The highest BCUT2D eigenvalue weighted by Gasteiger charge is 2.20. The number of carbonyl (C=O) groups is 2. The summed E-state index contributed by atoms with van der Waals surface area (Å²) in [7, 11) is 0. The van der Waals surface area contributed by atoms with Crippen LogP contribution in [0, 0.1) is 0 Å². The number of hydrazine groups is 1. The molecule has 0 spiro atoms. The molecule has 0 aliphatic rings. The second-order valence-corrected chi connectivity index (χ2v) is 6.18. The van der Waals surface area contributed by atoms with Crippen LogP contribution in [0.25, 0.3) is 0 Å². The van der Waals surface area contributed by atoms with Crippen LogP contribution in [0.4, 0.5) is 0 Å². The van der Waals surface area contributed by atoms with Crippen molar-refractivity contribution in [3.8, 4) is 5.75 Å². The summed E-state index contributed by atoms with van der Waals surface area (Å²) in [5.41, 5.74) is 5.76. The molecule has 0 aliphatic carbocycles. The van der Waals surface area contributed by atoms with E-state index in [1.807, 2.05) is 67.6 Å². The number of para-hydroxylation sites is 1. The normalized spacial score (nSPS) is 11.5. The molecule has 0 fully saturated rings. The van der Waals surface area contributed by atoms with E-state index >= 15 is 0 Å². The fourth-order valence-corrected chi connectivity index (χ4v) is 2.77. The largest absolute Gasteiger partial charge is 0.486 e. The van der Waals surface area contributed by atoms with Gasteiger partial charge in [0.2, 0.25) is 5.91 Å². The van der Waals surface area contributed by atoms with Crippen molar-refractivity contribution >= 4 is 11.8 Å². The van der Waals surface area contributed by atoms with Gasteiger partial charge in [-0.2, -0.15) is 0 Å². The number of furan rings is 1. The molecule has 3 rings (SSSR count). The first kappa shape index (κ1) is 19.2. The monoisotopic (exact) mass is 378 g/mol.